The maximum Gasteiger partial charge on any atom is 0.150 e. The Hall–Kier alpha value is -1.19. The van der Waals surface area contributed by atoms with Gasteiger partial charge >= 0.3 is 0 Å². The largest absolute Gasteiger partial charge is 0.455 e. The summed E-state index contributed by atoms with van der Waals surface area (Å²) in [4.78, 5) is 1.19. The molecule has 0 atom stereocenters. The van der Waals surface area contributed by atoms with Crippen LogP contribution in [0.3, 0.4) is 0 Å². The lowest BCUT2D eigenvalue weighted by atomic mass is 10.1. The molecule has 1 nitrogen and oxygen atoms in total. The highest BCUT2D eigenvalue weighted by Gasteiger charge is 2.16. The van der Waals surface area contributed by atoms with Gasteiger partial charge in [0.15, 0.2) is 0 Å². The highest BCUT2D eigenvalue weighted by molar-refractivity contribution is 9.10. The third-order valence-corrected chi connectivity index (χ3v) is 4.38. The van der Waals surface area contributed by atoms with Gasteiger partial charge in [0.2, 0.25) is 0 Å². The molecule has 0 spiro atoms. The smallest absolute Gasteiger partial charge is 0.150 e. The summed E-state index contributed by atoms with van der Waals surface area (Å²) in [5.41, 5.74) is 2.03. The quantitative estimate of drug-likeness (QED) is 0.572. The fourth-order valence-electron chi connectivity index (χ4n) is 2.05. The van der Waals surface area contributed by atoms with Gasteiger partial charge in [0.25, 0.3) is 0 Å². The molecule has 18 heavy (non-hydrogen) atoms. The third kappa shape index (κ3) is 1.88. The average Bonchev–Trinajstić information content (AvgIpc) is 2.77. The molecule has 3 aromatic rings. The number of hydrogen-bond acceptors (Lipinski definition) is 2. The highest BCUT2D eigenvalue weighted by atomic mass is 79.9. The van der Waals surface area contributed by atoms with Gasteiger partial charge in [-0.2, -0.15) is 0 Å². The number of thioether (sulfide) groups is 1. The second kappa shape index (κ2) is 4.82. The molecule has 0 fully saturated rings. The molecule has 3 rings (SSSR count). The van der Waals surface area contributed by atoms with Gasteiger partial charge in [0.05, 0.1) is 4.90 Å². The number of hydrogen-bond donors (Lipinski definition) is 0. The lowest BCUT2D eigenvalue weighted by Gasteiger charge is -2.02. The van der Waals surface area contributed by atoms with E-state index in [0.29, 0.717) is 0 Å². The van der Waals surface area contributed by atoms with Crippen LogP contribution in [0.25, 0.3) is 22.3 Å². The van der Waals surface area contributed by atoms with Gasteiger partial charge in [-0.25, -0.2) is 0 Å². The van der Waals surface area contributed by atoms with Crippen molar-refractivity contribution >= 4 is 38.7 Å². The van der Waals surface area contributed by atoms with Crippen LogP contribution in [0.1, 0.15) is 0 Å². The van der Waals surface area contributed by atoms with E-state index >= 15 is 0 Å². The molecule has 0 amide bonds. The van der Waals surface area contributed by atoms with Gasteiger partial charge in [-0.15, -0.1) is 11.8 Å². The van der Waals surface area contributed by atoms with Crippen molar-refractivity contribution in [1.29, 1.82) is 0 Å². The van der Waals surface area contributed by atoms with Crippen LogP contribution in [0.4, 0.5) is 0 Å². The maximum atomic E-state index is 6.01. The molecule has 90 valence electrons. The van der Waals surface area contributed by atoms with Crippen LogP contribution in [-0.4, -0.2) is 6.26 Å². The van der Waals surface area contributed by atoms with E-state index in [4.69, 9.17) is 4.42 Å². The first-order valence-corrected chi connectivity index (χ1v) is 7.63. The fourth-order valence-corrected chi connectivity index (χ4v) is 3.24. The van der Waals surface area contributed by atoms with E-state index in [1.54, 1.807) is 11.8 Å². The highest BCUT2D eigenvalue weighted by Crippen LogP contribution is 2.41. The Balaban J connectivity index is 2.32. The summed E-state index contributed by atoms with van der Waals surface area (Å²) in [6.07, 6.45) is 2.08. The summed E-state index contributed by atoms with van der Waals surface area (Å²) in [5, 5.41) is 1.18. The first-order chi connectivity index (χ1) is 8.81. The van der Waals surface area contributed by atoms with E-state index in [2.05, 4.69) is 34.3 Å². The fraction of sp³-hybridized carbons (Fsp3) is 0.0667. The van der Waals surface area contributed by atoms with Crippen LogP contribution in [0.5, 0.6) is 0 Å². The summed E-state index contributed by atoms with van der Waals surface area (Å²) < 4.78 is 7.06. The van der Waals surface area contributed by atoms with Crippen LogP contribution < -0.4 is 0 Å². The van der Waals surface area contributed by atoms with Crippen molar-refractivity contribution in [3.8, 4) is 11.3 Å². The molecule has 3 heteroatoms. The van der Waals surface area contributed by atoms with Crippen LogP contribution in [0.15, 0.2) is 62.3 Å². The van der Waals surface area contributed by atoms with Crippen molar-refractivity contribution < 1.29 is 4.42 Å². The number of benzene rings is 2. The summed E-state index contributed by atoms with van der Waals surface area (Å²) in [5.74, 6) is 0.941. The predicted octanol–water partition coefficient (Wildman–Crippen LogP) is 5.58. The van der Waals surface area contributed by atoms with Gasteiger partial charge in [-0.3, -0.25) is 0 Å². The van der Waals surface area contributed by atoms with E-state index in [0.717, 1.165) is 21.4 Å². The standard InChI is InChI=1S/C15H11BrOS/c1-18-15-11-7-3-5-9-13(11)17-14(15)10-6-2-4-8-12(10)16/h2-9H,1H3. The zero-order chi connectivity index (χ0) is 12.5. The SMILES string of the molecule is CSc1c(-c2ccccc2Br)oc2ccccc12. The van der Waals surface area contributed by atoms with E-state index < -0.39 is 0 Å². The Bertz CT molecular complexity index is 703. The van der Waals surface area contributed by atoms with Crippen molar-refractivity contribution in [2.75, 3.05) is 6.26 Å². The molecule has 1 heterocycles. The Kier molecular flexibility index (Phi) is 3.18. The molecule has 1 aromatic heterocycles. The third-order valence-electron chi connectivity index (χ3n) is 2.87. The first-order valence-electron chi connectivity index (χ1n) is 5.61. The number of rotatable bonds is 2. The predicted molar refractivity (Wildman–Crippen MR) is 81.1 cm³/mol. The minimum atomic E-state index is 0.938. The monoisotopic (exact) mass is 318 g/mol. The molecule has 0 aliphatic carbocycles. The van der Waals surface area contributed by atoms with Gasteiger partial charge < -0.3 is 4.42 Å². The molecule has 0 bridgehead atoms. The molecular formula is C15H11BrOS. The molecular weight excluding hydrogens is 308 g/mol. The summed E-state index contributed by atoms with van der Waals surface area (Å²) in [7, 11) is 0. The van der Waals surface area contributed by atoms with Gasteiger partial charge in [-0.05, 0) is 24.5 Å². The Morgan fingerprint density at radius 3 is 2.50 bits per heavy atom. The lowest BCUT2D eigenvalue weighted by Crippen LogP contribution is -1.78. The average molecular weight is 319 g/mol. The number of halogens is 1. The van der Waals surface area contributed by atoms with Gasteiger partial charge in [0, 0.05) is 15.4 Å². The van der Waals surface area contributed by atoms with E-state index in [1.807, 2.05) is 36.4 Å². The van der Waals surface area contributed by atoms with Crippen molar-refractivity contribution in [1.82, 2.24) is 0 Å². The molecule has 0 N–H and O–H groups in total. The number of para-hydroxylation sites is 1. The Morgan fingerprint density at radius 2 is 1.72 bits per heavy atom. The molecule has 0 saturated heterocycles. The lowest BCUT2D eigenvalue weighted by molar-refractivity contribution is 0.624. The zero-order valence-corrected chi connectivity index (χ0v) is 12.2. The van der Waals surface area contributed by atoms with Crippen LogP contribution >= 0.6 is 27.7 Å². The topological polar surface area (TPSA) is 13.1 Å². The summed E-state index contributed by atoms with van der Waals surface area (Å²) in [6.45, 7) is 0. The maximum absolute atomic E-state index is 6.01. The van der Waals surface area contributed by atoms with Crippen LogP contribution in [0, 0.1) is 0 Å². The zero-order valence-electron chi connectivity index (χ0n) is 9.81. The van der Waals surface area contributed by atoms with E-state index in [1.165, 1.54) is 10.3 Å². The summed E-state index contributed by atoms with van der Waals surface area (Å²) in [6, 6.07) is 16.3. The van der Waals surface area contributed by atoms with Crippen molar-refractivity contribution in [3.63, 3.8) is 0 Å². The van der Waals surface area contributed by atoms with Crippen molar-refractivity contribution in [2.45, 2.75) is 4.90 Å². The Labute approximate surface area is 118 Å². The number of fused-ring (bicyclic) bond motifs is 1. The molecule has 2 aromatic carbocycles. The van der Waals surface area contributed by atoms with Gasteiger partial charge in [-0.1, -0.05) is 46.3 Å². The van der Waals surface area contributed by atoms with Crippen LogP contribution in [0.2, 0.25) is 0 Å². The molecule has 0 aliphatic heterocycles. The minimum absolute atomic E-state index is 0.938. The number of furan rings is 1. The molecule has 0 saturated carbocycles. The van der Waals surface area contributed by atoms with E-state index in [-0.39, 0.29) is 0 Å². The molecule has 0 unspecified atom stereocenters. The first kappa shape index (κ1) is 11.9. The minimum Gasteiger partial charge on any atom is -0.455 e. The molecule has 0 aliphatic rings. The second-order valence-corrected chi connectivity index (χ2v) is 5.61. The van der Waals surface area contributed by atoms with Crippen LogP contribution in [-0.2, 0) is 0 Å². The normalized spacial score (nSPS) is 11.0. The van der Waals surface area contributed by atoms with Gasteiger partial charge in [0.1, 0.15) is 11.3 Å². The van der Waals surface area contributed by atoms with Crippen molar-refractivity contribution in [3.05, 3.63) is 53.0 Å². The van der Waals surface area contributed by atoms with Crippen molar-refractivity contribution in [2.24, 2.45) is 0 Å². The molecule has 0 radical (unpaired) electrons. The second-order valence-electron chi connectivity index (χ2n) is 3.94. The van der Waals surface area contributed by atoms with E-state index in [9.17, 15) is 0 Å². The Morgan fingerprint density at radius 1 is 1.00 bits per heavy atom. The summed E-state index contributed by atoms with van der Waals surface area (Å²) >= 11 is 5.30.